The van der Waals surface area contributed by atoms with E-state index in [1.54, 1.807) is 24.3 Å². The Morgan fingerprint density at radius 2 is 1.96 bits per heavy atom. The van der Waals surface area contributed by atoms with E-state index in [0.717, 1.165) is 10.0 Å². The van der Waals surface area contributed by atoms with Crippen molar-refractivity contribution in [2.24, 2.45) is 5.10 Å². The lowest BCUT2D eigenvalue weighted by Crippen LogP contribution is -2.24. The average Bonchev–Trinajstić information content (AvgIpc) is 2.60. The third-order valence-corrected chi connectivity index (χ3v) is 3.39. The first-order chi connectivity index (χ1) is 11.6. The normalized spacial score (nSPS) is 10.4. The van der Waals surface area contributed by atoms with Crippen LogP contribution in [0, 0.1) is 0 Å². The van der Waals surface area contributed by atoms with Crippen LogP contribution in [0.5, 0.6) is 5.75 Å². The molecule has 2 rings (SSSR count). The van der Waals surface area contributed by atoms with Gasteiger partial charge in [-0.15, -0.1) is 0 Å². The summed E-state index contributed by atoms with van der Waals surface area (Å²) in [6, 6.07) is 13.8. The van der Waals surface area contributed by atoms with Gasteiger partial charge in [-0.2, -0.15) is 5.10 Å². The molecule has 0 unspecified atom stereocenters. The number of hydrogen-bond donors (Lipinski definition) is 1. The molecule has 0 heterocycles. The van der Waals surface area contributed by atoms with Crippen molar-refractivity contribution in [1.29, 1.82) is 0 Å². The van der Waals surface area contributed by atoms with Crippen LogP contribution in [0.3, 0.4) is 0 Å². The van der Waals surface area contributed by atoms with E-state index in [9.17, 15) is 9.59 Å². The zero-order valence-corrected chi connectivity index (χ0v) is 14.4. The number of ether oxygens (including phenoxy) is 2. The molecule has 124 valence electrons. The molecule has 7 heteroatoms. The fourth-order valence-corrected chi connectivity index (χ4v) is 2.17. The molecule has 0 saturated heterocycles. The van der Waals surface area contributed by atoms with E-state index >= 15 is 0 Å². The summed E-state index contributed by atoms with van der Waals surface area (Å²) in [6.07, 6.45) is 1.54. The number of methoxy groups -OCH3 is 1. The van der Waals surface area contributed by atoms with Gasteiger partial charge in [0.05, 0.1) is 18.9 Å². The van der Waals surface area contributed by atoms with Gasteiger partial charge in [-0.05, 0) is 42.0 Å². The van der Waals surface area contributed by atoms with Crippen LogP contribution in [0.15, 0.2) is 58.1 Å². The number of halogens is 1. The molecule has 0 saturated carbocycles. The number of hydrogen-bond acceptors (Lipinski definition) is 5. The largest absolute Gasteiger partial charge is 0.484 e. The minimum Gasteiger partial charge on any atom is -0.484 e. The highest BCUT2D eigenvalue weighted by Crippen LogP contribution is 2.12. The molecule has 0 atom stereocenters. The lowest BCUT2D eigenvalue weighted by Gasteiger charge is -2.05. The summed E-state index contributed by atoms with van der Waals surface area (Å²) in [5.41, 5.74) is 3.64. The maximum atomic E-state index is 11.7. The van der Waals surface area contributed by atoms with E-state index in [2.05, 4.69) is 31.2 Å². The van der Waals surface area contributed by atoms with Crippen LogP contribution in [0.25, 0.3) is 0 Å². The van der Waals surface area contributed by atoms with E-state index in [-0.39, 0.29) is 6.61 Å². The van der Waals surface area contributed by atoms with E-state index in [0.29, 0.717) is 11.3 Å². The topological polar surface area (TPSA) is 77.0 Å². The van der Waals surface area contributed by atoms with Crippen LogP contribution in [0.2, 0.25) is 0 Å². The van der Waals surface area contributed by atoms with Gasteiger partial charge >= 0.3 is 5.97 Å². The molecule has 1 N–H and O–H groups in total. The number of hydrazone groups is 1. The Kier molecular flexibility index (Phi) is 6.51. The van der Waals surface area contributed by atoms with Gasteiger partial charge in [0, 0.05) is 4.47 Å². The molecule has 0 radical (unpaired) electrons. The highest BCUT2D eigenvalue weighted by molar-refractivity contribution is 9.10. The van der Waals surface area contributed by atoms with Gasteiger partial charge < -0.3 is 9.47 Å². The maximum absolute atomic E-state index is 11.7. The van der Waals surface area contributed by atoms with Gasteiger partial charge in [0.2, 0.25) is 0 Å². The first kappa shape index (κ1) is 17.7. The summed E-state index contributed by atoms with van der Waals surface area (Å²) in [4.78, 5) is 23.0. The summed E-state index contributed by atoms with van der Waals surface area (Å²) in [7, 11) is 1.31. The summed E-state index contributed by atoms with van der Waals surface area (Å²) < 4.78 is 10.8. The minimum absolute atomic E-state index is 0.187. The summed E-state index contributed by atoms with van der Waals surface area (Å²) in [5.74, 6) is -0.353. The second-order valence-corrected chi connectivity index (χ2v) is 5.57. The smallest absolute Gasteiger partial charge is 0.337 e. The van der Waals surface area contributed by atoms with Gasteiger partial charge in [-0.3, -0.25) is 4.79 Å². The predicted octanol–water partition coefficient (Wildman–Crippen LogP) is 2.76. The third-order valence-electron chi connectivity index (χ3n) is 2.90. The van der Waals surface area contributed by atoms with Gasteiger partial charge in [-0.25, -0.2) is 10.2 Å². The van der Waals surface area contributed by atoms with E-state index in [1.807, 2.05) is 24.3 Å². The number of carbonyl (C=O) groups is 2. The van der Waals surface area contributed by atoms with E-state index < -0.39 is 11.9 Å². The lowest BCUT2D eigenvalue weighted by atomic mass is 10.2. The van der Waals surface area contributed by atoms with Gasteiger partial charge in [-0.1, -0.05) is 28.1 Å². The SMILES string of the molecule is COC(=O)c1ccc(OCC(=O)NN=Cc2cccc(Br)c2)cc1. The van der Waals surface area contributed by atoms with Gasteiger partial charge in [0.25, 0.3) is 5.91 Å². The predicted molar refractivity (Wildman–Crippen MR) is 93.2 cm³/mol. The first-order valence-electron chi connectivity index (χ1n) is 6.97. The third kappa shape index (κ3) is 5.51. The molecular weight excluding hydrogens is 376 g/mol. The Balaban J connectivity index is 1.79. The Hall–Kier alpha value is -2.67. The number of esters is 1. The Labute approximate surface area is 147 Å². The van der Waals surface area contributed by atoms with Crippen LogP contribution in [0.1, 0.15) is 15.9 Å². The quantitative estimate of drug-likeness (QED) is 0.467. The van der Waals surface area contributed by atoms with Crippen molar-refractivity contribution >= 4 is 34.0 Å². The van der Waals surface area contributed by atoms with Crippen molar-refractivity contribution in [2.45, 2.75) is 0 Å². The minimum atomic E-state index is -0.429. The number of nitrogens with one attached hydrogen (secondary N) is 1. The maximum Gasteiger partial charge on any atom is 0.337 e. The van der Waals surface area contributed by atoms with E-state index in [4.69, 9.17) is 4.74 Å². The van der Waals surface area contributed by atoms with Crippen LogP contribution < -0.4 is 10.2 Å². The van der Waals surface area contributed by atoms with E-state index in [1.165, 1.54) is 13.3 Å². The number of benzene rings is 2. The second-order valence-electron chi connectivity index (χ2n) is 4.65. The van der Waals surface area contributed by atoms with Crippen LogP contribution in [-0.4, -0.2) is 31.8 Å². The fraction of sp³-hybridized carbons (Fsp3) is 0.118. The molecule has 0 bridgehead atoms. The van der Waals surface area contributed by atoms with Gasteiger partial charge in [0.1, 0.15) is 5.75 Å². The summed E-state index contributed by atoms with van der Waals surface area (Å²) >= 11 is 3.35. The van der Waals surface area contributed by atoms with Crippen molar-refractivity contribution in [3.63, 3.8) is 0 Å². The van der Waals surface area contributed by atoms with Crippen molar-refractivity contribution in [3.05, 3.63) is 64.1 Å². The Morgan fingerprint density at radius 1 is 1.21 bits per heavy atom. The van der Waals surface area contributed by atoms with Crippen molar-refractivity contribution in [2.75, 3.05) is 13.7 Å². The number of rotatable bonds is 6. The molecule has 0 aliphatic carbocycles. The molecule has 0 aliphatic heterocycles. The van der Waals surface area contributed by atoms with Crippen molar-refractivity contribution in [1.82, 2.24) is 5.43 Å². The first-order valence-corrected chi connectivity index (χ1v) is 7.76. The zero-order chi connectivity index (χ0) is 17.4. The monoisotopic (exact) mass is 390 g/mol. The lowest BCUT2D eigenvalue weighted by molar-refractivity contribution is -0.123. The fourth-order valence-electron chi connectivity index (χ4n) is 1.75. The zero-order valence-electron chi connectivity index (χ0n) is 12.9. The molecule has 0 fully saturated rings. The van der Waals surface area contributed by atoms with Gasteiger partial charge in [0.15, 0.2) is 6.61 Å². The van der Waals surface area contributed by atoms with Crippen LogP contribution in [-0.2, 0) is 9.53 Å². The Bertz CT molecular complexity index is 745. The molecular formula is C17H15BrN2O4. The molecule has 0 aromatic heterocycles. The highest BCUT2D eigenvalue weighted by atomic mass is 79.9. The number of amides is 1. The van der Waals surface area contributed by atoms with Crippen LogP contribution >= 0.6 is 15.9 Å². The van der Waals surface area contributed by atoms with Crippen molar-refractivity contribution < 1.29 is 19.1 Å². The second kappa shape index (κ2) is 8.83. The number of nitrogens with zero attached hydrogens (tertiary/aromatic N) is 1. The molecule has 0 spiro atoms. The van der Waals surface area contributed by atoms with Crippen molar-refractivity contribution in [3.8, 4) is 5.75 Å². The summed E-state index contributed by atoms with van der Waals surface area (Å²) in [6.45, 7) is -0.187. The highest BCUT2D eigenvalue weighted by Gasteiger charge is 2.06. The standard InChI is InChI=1S/C17H15BrN2O4/c1-23-17(22)13-5-7-15(8-6-13)24-11-16(21)20-19-10-12-3-2-4-14(18)9-12/h2-10H,11H2,1H3,(H,20,21). The molecule has 0 aliphatic rings. The molecule has 6 nitrogen and oxygen atoms in total. The van der Waals surface area contributed by atoms with Crippen LogP contribution in [0.4, 0.5) is 0 Å². The average molecular weight is 391 g/mol. The summed E-state index contributed by atoms with van der Waals surface area (Å²) in [5, 5.41) is 3.86. The molecule has 1 amide bonds. The molecule has 2 aromatic carbocycles. The molecule has 24 heavy (non-hydrogen) atoms. The number of carbonyl (C=O) groups excluding carboxylic acids is 2. The molecule has 2 aromatic rings. The Morgan fingerprint density at radius 3 is 2.62 bits per heavy atom.